The molecule has 0 saturated heterocycles. The number of nitrogens with zero attached hydrogens (tertiary/aromatic N) is 2. The van der Waals surface area contributed by atoms with Gasteiger partial charge < -0.3 is 20.1 Å². The lowest BCUT2D eigenvalue weighted by Crippen LogP contribution is -2.02. The number of anilines is 4. The van der Waals surface area contributed by atoms with Gasteiger partial charge in [-0.25, -0.2) is 4.98 Å². The monoisotopic (exact) mass is 398 g/mol. The molecule has 144 valence electrons. The number of Topliss-reactive ketones (excluding diaryl/α,β-unsaturated/α-hetero) is 1. The van der Waals surface area contributed by atoms with Gasteiger partial charge in [-0.3, -0.25) is 4.79 Å². The summed E-state index contributed by atoms with van der Waals surface area (Å²) in [7, 11) is 3.09. The molecule has 1 aromatic heterocycles. The maximum Gasteiger partial charge on any atom is 0.229 e. The lowest BCUT2D eigenvalue weighted by molar-refractivity contribution is 0.101. The predicted octanol–water partition coefficient (Wildman–Crippen LogP) is 4.84. The molecule has 0 spiro atoms. The minimum atomic E-state index is -0.0104. The van der Waals surface area contributed by atoms with E-state index in [1.807, 2.05) is 6.07 Å². The second-order valence-corrected chi connectivity index (χ2v) is 6.25. The number of ketones is 1. The van der Waals surface area contributed by atoms with Crippen LogP contribution in [0.1, 0.15) is 17.3 Å². The molecule has 3 rings (SSSR count). The number of carbonyl (C=O) groups is 1. The first-order valence-corrected chi connectivity index (χ1v) is 8.77. The van der Waals surface area contributed by atoms with Crippen LogP contribution in [-0.2, 0) is 0 Å². The second-order valence-electron chi connectivity index (χ2n) is 5.84. The average Bonchev–Trinajstić information content (AvgIpc) is 2.69. The van der Waals surface area contributed by atoms with Gasteiger partial charge in [0, 0.05) is 29.6 Å². The molecular weight excluding hydrogens is 380 g/mol. The van der Waals surface area contributed by atoms with Crippen LogP contribution in [0.4, 0.5) is 23.1 Å². The highest BCUT2D eigenvalue weighted by molar-refractivity contribution is 6.32. The molecule has 0 fully saturated rings. The van der Waals surface area contributed by atoms with Gasteiger partial charge in [0.2, 0.25) is 5.95 Å². The molecule has 28 heavy (non-hydrogen) atoms. The fraction of sp³-hybridized carbons (Fsp3) is 0.150. The summed E-state index contributed by atoms with van der Waals surface area (Å²) in [6.07, 6.45) is 1.62. The lowest BCUT2D eigenvalue weighted by Gasteiger charge is -2.14. The Labute approximate surface area is 167 Å². The Balaban J connectivity index is 1.84. The zero-order chi connectivity index (χ0) is 20.1. The van der Waals surface area contributed by atoms with E-state index in [9.17, 15) is 4.79 Å². The van der Waals surface area contributed by atoms with Crippen molar-refractivity contribution in [1.29, 1.82) is 0 Å². The van der Waals surface area contributed by atoms with Gasteiger partial charge in [0.15, 0.2) is 5.78 Å². The Bertz CT molecular complexity index is 1010. The third-order valence-electron chi connectivity index (χ3n) is 3.92. The van der Waals surface area contributed by atoms with Gasteiger partial charge in [0.25, 0.3) is 0 Å². The molecule has 0 unspecified atom stereocenters. The largest absolute Gasteiger partial charge is 0.495 e. The zero-order valence-electron chi connectivity index (χ0n) is 15.6. The van der Waals surface area contributed by atoms with Gasteiger partial charge in [-0.15, -0.1) is 0 Å². The van der Waals surface area contributed by atoms with Crippen molar-refractivity contribution < 1.29 is 14.3 Å². The zero-order valence-corrected chi connectivity index (χ0v) is 16.4. The van der Waals surface area contributed by atoms with Crippen molar-refractivity contribution in [3.05, 3.63) is 59.2 Å². The number of hydrogen-bond acceptors (Lipinski definition) is 7. The Morgan fingerprint density at radius 2 is 1.82 bits per heavy atom. The Hall–Kier alpha value is -3.32. The second kappa shape index (κ2) is 8.58. The van der Waals surface area contributed by atoms with Gasteiger partial charge >= 0.3 is 0 Å². The highest BCUT2D eigenvalue weighted by atomic mass is 35.5. The molecule has 1 heterocycles. The fourth-order valence-electron chi connectivity index (χ4n) is 2.53. The lowest BCUT2D eigenvalue weighted by atomic mass is 10.1. The van der Waals surface area contributed by atoms with E-state index in [2.05, 4.69) is 20.6 Å². The van der Waals surface area contributed by atoms with E-state index >= 15 is 0 Å². The minimum Gasteiger partial charge on any atom is -0.495 e. The van der Waals surface area contributed by atoms with E-state index < -0.39 is 0 Å². The number of hydrogen-bond donors (Lipinski definition) is 2. The molecule has 0 aliphatic rings. The maximum absolute atomic E-state index is 11.5. The van der Waals surface area contributed by atoms with E-state index in [4.69, 9.17) is 21.1 Å². The number of methoxy groups -OCH3 is 2. The molecule has 0 bridgehead atoms. The van der Waals surface area contributed by atoms with Crippen molar-refractivity contribution in [2.24, 2.45) is 0 Å². The Morgan fingerprint density at radius 3 is 2.54 bits per heavy atom. The van der Waals surface area contributed by atoms with E-state index in [1.165, 1.54) is 6.92 Å². The summed E-state index contributed by atoms with van der Waals surface area (Å²) in [6, 6.07) is 12.3. The number of ether oxygens (including phenoxy) is 2. The summed E-state index contributed by atoms with van der Waals surface area (Å²) in [5.74, 6) is 1.98. The van der Waals surface area contributed by atoms with Crippen molar-refractivity contribution in [3.8, 4) is 11.5 Å². The molecule has 0 amide bonds. The van der Waals surface area contributed by atoms with Crippen LogP contribution in [0.2, 0.25) is 5.02 Å². The fourth-order valence-corrected chi connectivity index (χ4v) is 2.76. The van der Waals surface area contributed by atoms with Gasteiger partial charge in [-0.05, 0) is 25.1 Å². The Morgan fingerprint density at radius 1 is 1.04 bits per heavy atom. The predicted molar refractivity (Wildman–Crippen MR) is 110 cm³/mol. The van der Waals surface area contributed by atoms with Crippen LogP contribution in [0, 0.1) is 0 Å². The molecule has 2 N–H and O–H groups in total. The third kappa shape index (κ3) is 4.50. The van der Waals surface area contributed by atoms with Gasteiger partial charge in [0.05, 0.1) is 24.9 Å². The van der Waals surface area contributed by atoms with Crippen molar-refractivity contribution in [2.45, 2.75) is 6.92 Å². The van der Waals surface area contributed by atoms with E-state index in [0.29, 0.717) is 39.5 Å². The number of rotatable bonds is 7. The molecule has 0 aliphatic carbocycles. The van der Waals surface area contributed by atoms with Crippen LogP contribution in [0.3, 0.4) is 0 Å². The van der Waals surface area contributed by atoms with Crippen molar-refractivity contribution in [3.63, 3.8) is 0 Å². The normalized spacial score (nSPS) is 10.3. The van der Waals surface area contributed by atoms with Crippen molar-refractivity contribution in [2.75, 3.05) is 24.9 Å². The standard InChI is InChI=1S/C20H19ClN4O3/c1-12(26)13-5-4-6-14(9-13)23-20-22-8-7-19(25-20)24-16-11-17(27-2)15(21)10-18(16)28-3/h4-11H,1-3H3,(H2,22,23,24,25). The minimum absolute atomic E-state index is 0.0104. The highest BCUT2D eigenvalue weighted by Crippen LogP contribution is 2.37. The van der Waals surface area contributed by atoms with E-state index in [0.717, 1.165) is 5.69 Å². The average molecular weight is 399 g/mol. The molecule has 3 aromatic rings. The molecule has 7 nitrogen and oxygen atoms in total. The molecule has 2 aromatic carbocycles. The van der Waals surface area contributed by atoms with Crippen LogP contribution >= 0.6 is 11.6 Å². The highest BCUT2D eigenvalue weighted by Gasteiger charge is 2.11. The van der Waals surface area contributed by atoms with Gasteiger partial charge in [0.1, 0.15) is 17.3 Å². The number of nitrogens with one attached hydrogen (secondary N) is 2. The smallest absolute Gasteiger partial charge is 0.229 e. The number of aromatic nitrogens is 2. The summed E-state index contributed by atoms with van der Waals surface area (Å²) >= 11 is 6.14. The van der Waals surface area contributed by atoms with Crippen molar-refractivity contribution in [1.82, 2.24) is 9.97 Å². The van der Waals surface area contributed by atoms with Gasteiger partial charge in [-0.2, -0.15) is 4.98 Å². The summed E-state index contributed by atoms with van der Waals surface area (Å²) < 4.78 is 10.6. The first kappa shape index (κ1) is 19.4. The summed E-state index contributed by atoms with van der Waals surface area (Å²) in [6.45, 7) is 1.52. The molecule has 8 heteroatoms. The van der Waals surface area contributed by atoms with Crippen LogP contribution in [0.15, 0.2) is 48.7 Å². The van der Waals surface area contributed by atoms with Gasteiger partial charge in [-0.1, -0.05) is 23.7 Å². The first-order valence-electron chi connectivity index (χ1n) is 8.39. The van der Waals surface area contributed by atoms with E-state index in [1.54, 1.807) is 56.8 Å². The molecule has 0 saturated carbocycles. The maximum atomic E-state index is 11.5. The van der Waals surface area contributed by atoms with Crippen LogP contribution < -0.4 is 20.1 Å². The Kier molecular flexibility index (Phi) is 5.96. The topological polar surface area (TPSA) is 85.4 Å². The van der Waals surface area contributed by atoms with E-state index in [-0.39, 0.29) is 5.78 Å². The quantitative estimate of drug-likeness (QED) is 0.551. The van der Waals surface area contributed by atoms with Crippen LogP contribution in [0.5, 0.6) is 11.5 Å². The first-order chi connectivity index (χ1) is 13.5. The SMILES string of the molecule is COc1cc(Nc2ccnc(Nc3cccc(C(C)=O)c3)n2)c(OC)cc1Cl. The summed E-state index contributed by atoms with van der Waals surface area (Å²) in [5, 5.41) is 6.71. The number of benzene rings is 2. The molecule has 0 radical (unpaired) electrons. The van der Waals surface area contributed by atoms with Crippen LogP contribution in [-0.4, -0.2) is 30.0 Å². The summed E-state index contributed by atoms with van der Waals surface area (Å²) in [4.78, 5) is 20.2. The molecular formula is C20H19ClN4O3. The van der Waals surface area contributed by atoms with Crippen LogP contribution in [0.25, 0.3) is 0 Å². The summed E-state index contributed by atoms with van der Waals surface area (Å²) in [5.41, 5.74) is 1.97. The number of carbonyl (C=O) groups excluding carboxylic acids is 1. The molecule has 0 atom stereocenters. The number of halogens is 1. The molecule has 0 aliphatic heterocycles. The van der Waals surface area contributed by atoms with Crippen molar-refractivity contribution >= 4 is 40.5 Å². The third-order valence-corrected chi connectivity index (χ3v) is 4.21.